The summed E-state index contributed by atoms with van der Waals surface area (Å²) in [4.78, 5) is 4.22. The summed E-state index contributed by atoms with van der Waals surface area (Å²) < 4.78 is 24.1. The minimum Gasteiger partial charge on any atom is -0.379 e. The van der Waals surface area contributed by atoms with E-state index in [-0.39, 0.29) is 11.2 Å². The van der Waals surface area contributed by atoms with E-state index in [0.717, 1.165) is 31.0 Å². The number of ether oxygens (including phenoxy) is 2. The molecule has 0 amide bonds. The number of benzene rings is 1. The van der Waals surface area contributed by atoms with Crippen molar-refractivity contribution in [1.82, 2.24) is 10.6 Å². The van der Waals surface area contributed by atoms with Crippen molar-refractivity contribution in [3.05, 3.63) is 35.6 Å². The molecule has 26 heavy (non-hydrogen) atoms. The van der Waals surface area contributed by atoms with Crippen LogP contribution in [0.2, 0.25) is 0 Å². The molecule has 0 bridgehead atoms. The molecule has 0 atom stereocenters. The molecule has 0 saturated heterocycles. The minimum atomic E-state index is -0.217. The Morgan fingerprint density at radius 2 is 1.69 bits per heavy atom. The van der Waals surface area contributed by atoms with E-state index in [1.165, 1.54) is 12.1 Å². The average molecular weight is 368 g/mol. The van der Waals surface area contributed by atoms with E-state index in [1.807, 2.05) is 12.1 Å². The van der Waals surface area contributed by atoms with Crippen molar-refractivity contribution < 1.29 is 13.9 Å². The summed E-state index contributed by atoms with van der Waals surface area (Å²) in [5.41, 5.74) is 0.936. The Kier molecular flexibility index (Phi) is 10.9. The normalized spacial score (nSPS) is 12.3. The second-order valence-electron chi connectivity index (χ2n) is 6.82. The molecule has 148 valence electrons. The van der Waals surface area contributed by atoms with E-state index in [1.54, 1.807) is 7.05 Å². The van der Waals surface area contributed by atoms with E-state index in [9.17, 15) is 4.39 Å². The van der Waals surface area contributed by atoms with Crippen molar-refractivity contribution in [2.75, 3.05) is 46.6 Å². The highest BCUT2D eigenvalue weighted by Crippen LogP contribution is 2.22. The fourth-order valence-corrected chi connectivity index (χ4v) is 2.34. The average Bonchev–Trinajstić information content (AvgIpc) is 2.63. The fourth-order valence-electron chi connectivity index (χ4n) is 2.34. The highest BCUT2D eigenvalue weighted by Gasteiger charge is 2.20. The van der Waals surface area contributed by atoms with Crippen molar-refractivity contribution >= 4 is 5.96 Å². The number of halogens is 1. The summed E-state index contributed by atoms with van der Waals surface area (Å²) in [6.45, 7) is 10.4. The van der Waals surface area contributed by atoms with Gasteiger partial charge in [0.25, 0.3) is 0 Å². The van der Waals surface area contributed by atoms with Gasteiger partial charge >= 0.3 is 0 Å². The third kappa shape index (κ3) is 9.15. The Morgan fingerprint density at radius 3 is 2.31 bits per heavy atom. The van der Waals surface area contributed by atoms with Crippen molar-refractivity contribution in [2.24, 2.45) is 4.99 Å². The van der Waals surface area contributed by atoms with Crippen LogP contribution >= 0.6 is 0 Å². The first-order valence-electron chi connectivity index (χ1n) is 9.35. The van der Waals surface area contributed by atoms with Gasteiger partial charge in [0.2, 0.25) is 0 Å². The number of nitrogens with one attached hydrogen (secondary N) is 2. The molecule has 0 fully saturated rings. The molecule has 0 unspecified atom stereocenters. The fraction of sp³-hybridized carbons (Fsp3) is 0.650. The number of unbranched alkanes of at least 4 members (excludes halogenated alkanes) is 1. The highest BCUT2D eigenvalue weighted by atomic mass is 19.1. The zero-order chi connectivity index (χ0) is 19.3. The first-order valence-corrected chi connectivity index (χ1v) is 9.35. The molecule has 0 aliphatic rings. The van der Waals surface area contributed by atoms with Crippen LogP contribution in [0.1, 0.15) is 39.2 Å². The highest BCUT2D eigenvalue weighted by molar-refractivity contribution is 5.79. The maximum atomic E-state index is 13.1. The van der Waals surface area contributed by atoms with Gasteiger partial charge in [-0.25, -0.2) is 4.39 Å². The smallest absolute Gasteiger partial charge is 0.191 e. The van der Waals surface area contributed by atoms with Gasteiger partial charge in [-0.1, -0.05) is 39.3 Å². The lowest BCUT2D eigenvalue weighted by molar-refractivity contribution is 0.0487. The number of aliphatic imine (C=N–C) groups is 1. The second-order valence-corrected chi connectivity index (χ2v) is 6.82. The molecule has 0 spiro atoms. The lowest BCUT2D eigenvalue weighted by Gasteiger charge is -2.26. The molecule has 1 aromatic carbocycles. The molecule has 1 rings (SSSR count). The van der Waals surface area contributed by atoms with Gasteiger partial charge in [-0.15, -0.1) is 0 Å². The van der Waals surface area contributed by atoms with Crippen LogP contribution in [0.3, 0.4) is 0 Å². The molecular weight excluding hydrogens is 333 g/mol. The largest absolute Gasteiger partial charge is 0.379 e. The molecular formula is C20H34FN3O2. The van der Waals surface area contributed by atoms with Crippen LogP contribution in [0.4, 0.5) is 4.39 Å². The molecule has 0 radical (unpaired) electrons. The number of hydrogen-bond donors (Lipinski definition) is 2. The van der Waals surface area contributed by atoms with Crippen LogP contribution in [-0.4, -0.2) is 52.5 Å². The predicted molar refractivity (Wildman–Crippen MR) is 105 cm³/mol. The van der Waals surface area contributed by atoms with Crippen LogP contribution in [0, 0.1) is 5.82 Å². The van der Waals surface area contributed by atoms with Crippen LogP contribution in [-0.2, 0) is 14.9 Å². The van der Waals surface area contributed by atoms with Crippen molar-refractivity contribution in [3.63, 3.8) is 0 Å². The van der Waals surface area contributed by atoms with E-state index in [4.69, 9.17) is 9.47 Å². The zero-order valence-corrected chi connectivity index (χ0v) is 16.6. The van der Waals surface area contributed by atoms with Crippen molar-refractivity contribution in [3.8, 4) is 0 Å². The maximum absolute atomic E-state index is 13.1. The first-order chi connectivity index (χ1) is 12.5. The number of rotatable bonds is 12. The summed E-state index contributed by atoms with van der Waals surface area (Å²) in [5.74, 6) is 0.508. The Morgan fingerprint density at radius 1 is 1.04 bits per heavy atom. The summed E-state index contributed by atoms with van der Waals surface area (Å²) in [6, 6.07) is 6.63. The van der Waals surface area contributed by atoms with Crippen LogP contribution in [0.15, 0.2) is 29.3 Å². The lowest BCUT2D eigenvalue weighted by atomic mass is 9.84. The standard InChI is InChI=1S/C20H34FN3O2/c1-5-6-12-25-14-15-26-13-11-23-19(22-4)24-16-20(2,3)17-7-9-18(21)10-8-17/h7-10H,5-6,11-16H2,1-4H3,(H2,22,23,24). The molecule has 6 heteroatoms. The van der Waals surface area contributed by atoms with Crippen LogP contribution in [0.25, 0.3) is 0 Å². The summed E-state index contributed by atoms with van der Waals surface area (Å²) in [5, 5.41) is 6.54. The molecule has 2 N–H and O–H groups in total. The van der Waals surface area contributed by atoms with E-state index in [2.05, 4.69) is 36.4 Å². The monoisotopic (exact) mass is 367 g/mol. The van der Waals surface area contributed by atoms with Gasteiger partial charge in [0.05, 0.1) is 19.8 Å². The minimum absolute atomic E-state index is 0.141. The van der Waals surface area contributed by atoms with Gasteiger partial charge in [-0.2, -0.15) is 0 Å². The molecule has 1 aromatic rings. The van der Waals surface area contributed by atoms with E-state index < -0.39 is 0 Å². The maximum Gasteiger partial charge on any atom is 0.191 e. The van der Waals surface area contributed by atoms with Gasteiger partial charge < -0.3 is 20.1 Å². The second kappa shape index (κ2) is 12.7. The Hall–Kier alpha value is -1.66. The summed E-state index contributed by atoms with van der Waals surface area (Å²) in [7, 11) is 1.74. The molecule has 5 nitrogen and oxygen atoms in total. The number of nitrogens with zero attached hydrogens (tertiary/aromatic N) is 1. The zero-order valence-electron chi connectivity index (χ0n) is 16.6. The molecule has 0 aliphatic carbocycles. The molecule has 0 saturated carbocycles. The number of guanidine groups is 1. The number of hydrogen-bond acceptors (Lipinski definition) is 3. The van der Waals surface area contributed by atoms with Crippen LogP contribution in [0.5, 0.6) is 0 Å². The van der Waals surface area contributed by atoms with Crippen LogP contribution < -0.4 is 10.6 Å². The SMILES string of the molecule is CCCCOCCOCCNC(=NC)NCC(C)(C)c1ccc(F)cc1. The summed E-state index contributed by atoms with van der Waals surface area (Å²) >= 11 is 0. The lowest BCUT2D eigenvalue weighted by Crippen LogP contribution is -2.44. The topological polar surface area (TPSA) is 54.9 Å². The van der Waals surface area contributed by atoms with Gasteiger partial charge in [0.15, 0.2) is 5.96 Å². The third-order valence-electron chi connectivity index (χ3n) is 4.10. The Balaban J connectivity index is 2.21. The van der Waals surface area contributed by atoms with E-state index >= 15 is 0 Å². The molecule has 0 heterocycles. The quantitative estimate of drug-likeness (QED) is 0.339. The predicted octanol–water partition coefficient (Wildman–Crippen LogP) is 3.10. The first kappa shape index (κ1) is 22.4. The van der Waals surface area contributed by atoms with Crippen molar-refractivity contribution in [1.29, 1.82) is 0 Å². The van der Waals surface area contributed by atoms with Gasteiger partial charge in [0, 0.05) is 32.2 Å². The Bertz CT molecular complexity index is 518. The van der Waals surface area contributed by atoms with Gasteiger partial charge in [-0.3, -0.25) is 4.99 Å². The molecule has 0 aliphatic heterocycles. The third-order valence-corrected chi connectivity index (χ3v) is 4.10. The van der Waals surface area contributed by atoms with Gasteiger partial charge in [-0.05, 0) is 24.1 Å². The Labute approximate surface area is 157 Å². The van der Waals surface area contributed by atoms with Crippen molar-refractivity contribution in [2.45, 2.75) is 39.0 Å². The molecule has 0 aromatic heterocycles. The van der Waals surface area contributed by atoms with E-state index in [0.29, 0.717) is 32.9 Å². The van der Waals surface area contributed by atoms with Gasteiger partial charge in [0.1, 0.15) is 5.82 Å². The summed E-state index contributed by atoms with van der Waals surface area (Å²) in [6.07, 6.45) is 2.24.